The molecule has 4 rings (SSSR count). The molecule has 7 heteroatoms. The standard InChI is InChI=1S/C24H23NO5S/c1-13(2)17-10-18-16(9-23(27)30-20(18)8-14(17)3)12-28-22(26)11-19-15(4)29-24(25-19)21-6-5-7-31-21/h5-10,13H,11-12H2,1-4H3. The highest BCUT2D eigenvalue weighted by atomic mass is 32.1. The van der Waals surface area contributed by atoms with Crippen molar-refractivity contribution in [3.05, 3.63) is 74.3 Å². The number of hydrogen-bond donors (Lipinski definition) is 0. The second-order valence-electron chi connectivity index (χ2n) is 7.79. The van der Waals surface area contributed by atoms with Crippen molar-refractivity contribution >= 4 is 28.3 Å². The van der Waals surface area contributed by atoms with Gasteiger partial charge in [-0.2, -0.15) is 0 Å². The number of oxazole rings is 1. The zero-order valence-electron chi connectivity index (χ0n) is 17.9. The van der Waals surface area contributed by atoms with E-state index in [0.29, 0.717) is 34.4 Å². The molecule has 0 atom stereocenters. The minimum atomic E-state index is -0.469. The van der Waals surface area contributed by atoms with Gasteiger partial charge in [-0.1, -0.05) is 19.9 Å². The van der Waals surface area contributed by atoms with Crippen molar-refractivity contribution in [3.8, 4) is 10.8 Å². The number of nitrogens with zero attached hydrogens (tertiary/aromatic N) is 1. The molecular weight excluding hydrogens is 414 g/mol. The Morgan fingerprint density at radius 1 is 1.19 bits per heavy atom. The molecule has 6 nitrogen and oxygen atoms in total. The molecule has 0 amide bonds. The fourth-order valence-electron chi connectivity index (χ4n) is 3.58. The Kier molecular flexibility index (Phi) is 5.78. The molecule has 31 heavy (non-hydrogen) atoms. The van der Waals surface area contributed by atoms with Crippen molar-refractivity contribution in [2.45, 2.75) is 46.6 Å². The third kappa shape index (κ3) is 4.46. The maximum atomic E-state index is 12.5. The summed E-state index contributed by atoms with van der Waals surface area (Å²) < 4.78 is 16.5. The number of aryl methyl sites for hydroxylation is 2. The molecule has 0 spiro atoms. The van der Waals surface area contributed by atoms with E-state index in [0.717, 1.165) is 21.4 Å². The average Bonchev–Trinajstić information content (AvgIpc) is 3.35. The summed E-state index contributed by atoms with van der Waals surface area (Å²) in [5, 5.41) is 2.72. The van der Waals surface area contributed by atoms with Crippen molar-refractivity contribution < 1.29 is 18.4 Å². The van der Waals surface area contributed by atoms with Crippen LogP contribution in [0.5, 0.6) is 0 Å². The van der Waals surface area contributed by atoms with E-state index in [4.69, 9.17) is 13.6 Å². The molecule has 0 saturated heterocycles. The number of thiophene rings is 1. The first-order valence-electron chi connectivity index (χ1n) is 10.0. The van der Waals surface area contributed by atoms with Gasteiger partial charge in [0.05, 0.1) is 17.0 Å². The normalized spacial score (nSPS) is 11.4. The molecule has 0 unspecified atom stereocenters. The van der Waals surface area contributed by atoms with Gasteiger partial charge in [0.1, 0.15) is 18.0 Å². The fraction of sp³-hybridized carbons (Fsp3) is 0.292. The van der Waals surface area contributed by atoms with E-state index < -0.39 is 11.6 Å². The van der Waals surface area contributed by atoms with E-state index in [2.05, 4.69) is 18.8 Å². The van der Waals surface area contributed by atoms with E-state index in [1.165, 1.54) is 17.4 Å². The van der Waals surface area contributed by atoms with Crippen LogP contribution in [0.2, 0.25) is 0 Å². The number of carbonyl (C=O) groups excluding carboxylic acids is 1. The maximum Gasteiger partial charge on any atom is 0.336 e. The van der Waals surface area contributed by atoms with Gasteiger partial charge in [0, 0.05) is 17.0 Å². The smallest absolute Gasteiger partial charge is 0.336 e. The maximum absolute atomic E-state index is 12.5. The second-order valence-corrected chi connectivity index (χ2v) is 8.73. The molecule has 0 aliphatic heterocycles. The molecule has 0 aliphatic rings. The van der Waals surface area contributed by atoms with Crippen LogP contribution in [0.15, 0.2) is 49.3 Å². The molecule has 0 radical (unpaired) electrons. The lowest BCUT2D eigenvalue weighted by atomic mass is 9.95. The molecule has 0 aliphatic carbocycles. The lowest BCUT2D eigenvalue weighted by Gasteiger charge is -2.13. The number of rotatable bonds is 6. The van der Waals surface area contributed by atoms with E-state index in [-0.39, 0.29) is 13.0 Å². The van der Waals surface area contributed by atoms with Crippen molar-refractivity contribution in [2.75, 3.05) is 0 Å². The minimum absolute atomic E-state index is 0.00354. The number of ether oxygens (including phenoxy) is 1. The van der Waals surface area contributed by atoms with Gasteiger partial charge >= 0.3 is 11.6 Å². The molecule has 0 bridgehead atoms. The Bertz CT molecular complexity index is 1300. The highest BCUT2D eigenvalue weighted by Crippen LogP contribution is 2.28. The van der Waals surface area contributed by atoms with Crippen LogP contribution < -0.4 is 5.63 Å². The summed E-state index contributed by atoms with van der Waals surface area (Å²) in [7, 11) is 0. The van der Waals surface area contributed by atoms with Gasteiger partial charge in [-0.05, 0) is 54.5 Å². The van der Waals surface area contributed by atoms with Crippen molar-refractivity contribution in [1.82, 2.24) is 4.98 Å². The van der Waals surface area contributed by atoms with Gasteiger partial charge in [0.25, 0.3) is 0 Å². The first-order chi connectivity index (χ1) is 14.8. The number of aromatic nitrogens is 1. The van der Waals surface area contributed by atoms with Gasteiger partial charge in [0.15, 0.2) is 0 Å². The minimum Gasteiger partial charge on any atom is -0.460 e. The number of benzene rings is 1. The van der Waals surface area contributed by atoms with Crippen LogP contribution in [-0.2, 0) is 22.6 Å². The molecule has 1 aromatic carbocycles. The summed E-state index contributed by atoms with van der Waals surface area (Å²) in [4.78, 5) is 29.8. The summed E-state index contributed by atoms with van der Waals surface area (Å²) >= 11 is 1.52. The largest absolute Gasteiger partial charge is 0.460 e. The zero-order chi connectivity index (χ0) is 22.1. The van der Waals surface area contributed by atoms with Crippen molar-refractivity contribution in [3.63, 3.8) is 0 Å². The monoisotopic (exact) mass is 437 g/mol. The third-order valence-corrected chi connectivity index (χ3v) is 6.02. The number of esters is 1. The topological polar surface area (TPSA) is 82.5 Å². The summed E-state index contributed by atoms with van der Waals surface area (Å²) in [6, 6.07) is 9.09. The Labute approximate surface area is 183 Å². The van der Waals surface area contributed by atoms with E-state index >= 15 is 0 Å². The van der Waals surface area contributed by atoms with Crippen LogP contribution in [-0.4, -0.2) is 11.0 Å². The van der Waals surface area contributed by atoms with E-state index in [1.807, 2.05) is 36.6 Å². The van der Waals surface area contributed by atoms with Crippen LogP contribution in [0.3, 0.4) is 0 Å². The Balaban J connectivity index is 1.53. The molecule has 0 fully saturated rings. The van der Waals surface area contributed by atoms with Gasteiger partial charge in [-0.15, -0.1) is 11.3 Å². The Morgan fingerprint density at radius 2 is 2.00 bits per heavy atom. The van der Waals surface area contributed by atoms with Gasteiger partial charge in [-0.25, -0.2) is 9.78 Å². The molecule has 4 aromatic rings. The summed E-state index contributed by atoms with van der Waals surface area (Å²) in [6.07, 6.45) is -0.00354. The van der Waals surface area contributed by atoms with Crippen molar-refractivity contribution in [1.29, 1.82) is 0 Å². The fourth-order valence-corrected chi connectivity index (χ4v) is 4.23. The predicted octanol–water partition coefficient (Wildman–Crippen LogP) is 5.54. The van der Waals surface area contributed by atoms with E-state index in [1.54, 1.807) is 6.92 Å². The highest BCUT2D eigenvalue weighted by molar-refractivity contribution is 7.13. The number of hydrogen-bond acceptors (Lipinski definition) is 7. The third-order valence-electron chi connectivity index (χ3n) is 5.16. The molecular formula is C24H23NO5S. The SMILES string of the molecule is Cc1cc2oc(=O)cc(COC(=O)Cc3nc(-c4cccs4)oc3C)c2cc1C(C)C. The second kappa shape index (κ2) is 8.51. The van der Waals surface area contributed by atoms with Crippen LogP contribution in [0.4, 0.5) is 0 Å². The van der Waals surface area contributed by atoms with Gasteiger partial charge in [0.2, 0.25) is 5.89 Å². The average molecular weight is 438 g/mol. The molecule has 3 heterocycles. The van der Waals surface area contributed by atoms with Crippen LogP contribution in [0, 0.1) is 13.8 Å². The summed E-state index contributed by atoms with van der Waals surface area (Å²) in [5.41, 5.74) is 3.41. The molecule has 3 aromatic heterocycles. The highest BCUT2D eigenvalue weighted by Gasteiger charge is 2.17. The van der Waals surface area contributed by atoms with Crippen LogP contribution in [0.25, 0.3) is 21.7 Å². The van der Waals surface area contributed by atoms with Crippen molar-refractivity contribution in [2.24, 2.45) is 0 Å². The van der Waals surface area contributed by atoms with Gasteiger partial charge < -0.3 is 13.6 Å². The molecule has 0 N–H and O–H groups in total. The summed E-state index contributed by atoms with van der Waals surface area (Å²) in [6.45, 7) is 7.97. The first kappa shape index (κ1) is 21.1. The number of carbonyl (C=O) groups is 1. The first-order valence-corrected chi connectivity index (χ1v) is 10.9. The quantitative estimate of drug-likeness (QED) is 0.291. The molecule has 160 valence electrons. The Hall–Kier alpha value is -3.19. The van der Waals surface area contributed by atoms with Gasteiger partial charge in [-0.3, -0.25) is 4.79 Å². The number of fused-ring (bicyclic) bond motifs is 1. The van der Waals surface area contributed by atoms with Crippen LogP contribution >= 0.6 is 11.3 Å². The Morgan fingerprint density at radius 3 is 2.71 bits per heavy atom. The lowest BCUT2D eigenvalue weighted by molar-refractivity contribution is -0.144. The van der Waals surface area contributed by atoms with E-state index in [9.17, 15) is 9.59 Å². The predicted molar refractivity (Wildman–Crippen MR) is 119 cm³/mol. The zero-order valence-corrected chi connectivity index (χ0v) is 18.7. The lowest BCUT2D eigenvalue weighted by Crippen LogP contribution is -2.11. The molecule has 0 saturated carbocycles. The van der Waals surface area contributed by atoms with Crippen LogP contribution in [0.1, 0.15) is 47.9 Å². The summed E-state index contributed by atoms with van der Waals surface area (Å²) in [5.74, 6) is 0.966.